The molecule has 0 spiro atoms. The van der Waals surface area contributed by atoms with Crippen LogP contribution in [0.2, 0.25) is 0 Å². The first-order chi connectivity index (χ1) is 12.3. The standard InChI is InChI=1S/C20H29N5O/c1-14-6-8-16(9-7-14)25-11-10-17-18(13-25)19(22-24(5)20(17)26)21-15(2)12-23(3)4/h6-9,15H,10-13H2,1-5H3,(H,21,22). The molecule has 0 aliphatic carbocycles. The van der Waals surface area contributed by atoms with Gasteiger partial charge in [-0.25, -0.2) is 4.68 Å². The van der Waals surface area contributed by atoms with Crippen LogP contribution in [-0.4, -0.2) is 47.9 Å². The Hall–Kier alpha value is -2.34. The Morgan fingerprint density at radius 2 is 1.92 bits per heavy atom. The number of anilines is 2. The zero-order valence-electron chi connectivity index (χ0n) is 16.4. The lowest BCUT2D eigenvalue weighted by Gasteiger charge is -2.32. The second-order valence-corrected chi connectivity index (χ2v) is 7.55. The van der Waals surface area contributed by atoms with Gasteiger partial charge in [-0.2, -0.15) is 5.10 Å². The molecule has 6 nitrogen and oxygen atoms in total. The van der Waals surface area contributed by atoms with E-state index in [0.29, 0.717) is 6.54 Å². The molecule has 1 aliphatic heterocycles. The molecule has 1 N–H and O–H groups in total. The minimum Gasteiger partial charge on any atom is -0.367 e. The summed E-state index contributed by atoms with van der Waals surface area (Å²) in [5.74, 6) is 0.827. The average Bonchev–Trinajstić information content (AvgIpc) is 2.59. The molecule has 0 amide bonds. The third-order valence-corrected chi connectivity index (χ3v) is 4.85. The minimum atomic E-state index is 0.0226. The van der Waals surface area contributed by atoms with Gasteiger partial charge in [0.2, 0.25) is 0 Å². The predicted molar refractivity (Wildman–Crippen MR) is 107 cm³/mol. The zero-order valence-corrected chi connectivity index (χ0v) is 16.4. The number of hydrogen-bond acceptors (Lipinski definition) is 5. The van der Waals surface area contributed by atoms with Crippen LogP contribution in [0, 0.1) is 6.92 Å². The van der Waals surface area contributed by atoms with E-state index in [1.807, 2.05) is 0 Å². The first-order valence-corrected chi connectivity index (χ1v) is 9.17. The number of nitrogens with one attached hydrogen (secondary N) is 1. The van der Waals surface area contributed by atoms with Gasteiger partial charge in [0, 0.05) is 49.5 Å². The number of nitrogens with zero attached hydrogens (tertiary/aromatic N) is 4. The van der Waals surface area contributed by atoms with Crippen LogP contribution in [0.1, 0.15) is 23.6 Å². The van der Waals surface area contributed by atoms with Crippen LogP contribution in [0.15, 0.2) is 29.1 Å². The number of benzene rings is 1. The second-order valence-electron chi connectivity index (χ2n) is 7.55. The molecule has 0 fully saturated rings. The van der Waals surface area contributed by atoms with Gasteiger partial charge in [-0.3, -0.25) is 4.79 Å². The van der Waals surface area contributed by atoms with Crippen molar-refractivity contribution in [2.24, 2.45) is 7.05 Å². The summed E-state index contributed by atoms with van der Waals surface area (Å²) < 4.78 is 1.46. The minimum absolute atomic E-state index is 0.0226. The van der Waals surface area contributed by atoms with Crippen LogP contribution < -0.4 is 15.8 Å². The molecule has 0 saturated heterocycles. The van der Waals surface area contributed by atoms with Gasteiger partial charge in [0.15, 0.2) is 5.82 Å². The summed E-state index contributed by atoms with van der Waals surface area (Å²) in [6, 6.07) is 8.80. The van der Waals surface area contributed by atoms with Crippen molar-refractivity contribution in [3.63, 3.8) is 0 Å². The zero-order chi connectivity index (χ0) is 18.8. The van der Waals surface area contributed by atoms with Crippen LogP contribution >= 0.6 is 0 Å². The highest BCUT2D eigenvalue weighted by Crippen LogP contribution is 2.27. The summed E-state index contributed by atoms with van der Waals surface area (Å²) in [7, 11) is 5.85. The molecule has 1 aromatic heterocycles. The molecular formula is C20H29N5O. The third kappa shape index (κ3) is 3.90. The predicted octanol–water partition coefficient (Wildman–Crippen LogP) is 2.01. The summed E-state index contributed by atoms with van der Waals surface area (Å²) in [4.78, 5) is 17.0. The van der Waals surface area contributed by atoms with Crippen molar-refractivity contribution in [3.8, 4) is 0 Å². The Morgan fingerprint density at radius 3 is 2.58 bits per heavy atom. The smallest absolute Gasteiger partial charge is 0.270 e. The van der Waals surface area contributed by atoms with E-state index in [9.17, 15) is 4.79 Å². The Balaban J connectivity index is 1.92. The lowest BCUT2D eigenvalue weighted by molar-refractivity contribution is 0.391. The lowest BCUT2D eigenvalue weighted by atomic mass is 10.0. The summed E-state index contributed by atoms with van der Waals surface area (Å²) in [6.07, 6.45) is 0.745. The molecule has 1 unspecified atom stereocenters. The van der Waals surface area contributed by atoms with E-state index in [1.165, 1.54) is 15.9 Å². The molecule has 1 aliphatic rings. The van der Waals surface area contributed by atoms with E-state index in [1.54, 1.807) is 7.05 Å². The van der Waals surface area contributed by atoms with Crippen LogP contribution in [0.25, 0.3) is 0 Å². The molecular weight excluding hydrogens is 326 g/mol. The summed E-state index contributed by atoms with van der Waals surface area (Å²) >= 11 is 0. The van der Waals surface area contributed by atoms with Crippen molar-refractivity contribution in [3.05, 3.63) is 51.3 Å². The van der Waals surface area contributed by atoms with Crippen molar-refractivity contribution in [1.82, 2.24) is 14.7 Å². The normalized spacial score (nSPS) is 15.1. The molecule has 26 heavy (non-hydrogen) atoms. The highest BCUT2D eigenvalue weighted by atomic mass is 16.1. The molecule has 140 valence electrons. The van der Waals surface area contributed by atoms with Gasteiger partial charge in [0.05, 0.1) is 0 Å². The lowest BCUT2D eigenvalue weighted by Crippen LogP contribution is -2.39. The Kier molecular flexibility index (Phi) is 5.32. The van der Waals surface area contributed by atoms with Gasteiger partial charge in [-0.1, -0.05) is 17.7 Å². The van der Waals surface area contributed by atoms with Crippen molar-refractivity contribution < 1.29 is 0 Å². The van der Waals surface area contributed by atoms with E-state index >= 15 is 0 Å². The molecule has 0 saturated carbocycles. The van der Waals surface area contributed by atoms with E-state index in [4.69, 9.17) is 0 Å². The van der Waals surface area contributed by atoms with Crippen LogP contribution in [0.3, 0.4) is 0 Å². The molecule has 2 heterocycles. The molecule has 1 aromatic carbocycles. The molecule has 0 bridgehead atoms. The van der Waals surface area contributed by atoms with Crippen molar-refractivity contribution in [2.75, 3.05) is 37.4 Å². The molecule has 1 atom stereocenters. The number of aryl methyl sites for hydroxylation is 2. The van der Waals surface area contributed by atoms with Crippen LogP contribution in [0.4, 0.5) is 11.5 Å². The third-order valence-electron chi connectivity index (χ3n) is 4.85. The van der Waals surface area contributed by atoms with Gasteiger partial charge in [-0.15, -0.1) is 0 Å². The number of aromatic nitrogens is 2. The SMILES string of the molecule is Cc1ccc(N2CCc3c(c(NC(C)CN(C)C)nn(C)c3=O)C2)cc1. The Labute approximate surface area is 155 Å². The Bertz CT molecular complexity index is 825. The molecule has 2 aromatic rings. The van der Waals surface area contributed by atoms with Gasteiger partial charge in [0.1, 0.15) is 0 Å². The largest absolute Gasteiger partial charge is 0.367 e. The van der Waals surface area contributed by atoms with E-state index in [-0.39, 0.29) is 11.6 Å². The first kappa shape index (κ1) is 18.5. The monoisotopic (exact) mass is 355 g/mol. The highest BCUT2D eigenvalue weighted by molar-refractivity contribution is 5.55. The van der Waals surface area contributed by atoms with Gasteiger partial charge in [-0.05, 0) is 46.5 Å². The summed E-state index contributed by atoms with van der Waals surface area (Å²) in [5.41, 5.74) is 4.39. The summed E-state index contributed by atoms with van der Waals surface area (Å²) in [6.45, 7) is 6.69. The van der Waals surface area contributed by atoms with Crippen LogP contribution in [0.5, 0.6) is 0 Å². The highest BCUT2D eigenvalue weighted by Gasteiger charge is 2.24. The van der Waals surface area contributed by atoms with Gasteiger partial charge >= 0.3 is 0 Å². The van der Waals surface area contributed by atoms with Crippen molar-refractivity contribution >= 4 is 11.5 Å². The quantitative estimate of drug-likeness (QED) is 0.889. The van der Waals surface area contributed by atoms with E-state index in [0.717, 1.165) is 36.5 Å². The Morgan fingerprint density at radius 1 is 1.23 bits per heavy atom. The maximum atomic E-state index is 12.6. The molecule has 0 radical (unpaired) electrons. The van der Waals surface area contributed by atoms with Gasteiger partial charge < -0.3 is 15.1 Å². The number of likely N-dealkylation sites (N-methyl/N-ethyl adjacent to an activating group) is 1. The van der Waals surface area contributed by atoms with E-state index in [2.05, 4.69) is 72.4 Å². The van der Waals surface area contributed by atoms with Crippen molar-refractivity contribution in [1.29, 1.82) is 0 Å². The average molecular weight is 355 g/mol. The summed E-state index contributed by atoms with van der Waals surface area (Å²) in [5, 5.41) is 8.03. The van der Waals surface area contributed by atoms with Gasteiger partial charge in [0.25, 0.3) is 5.56 Å². The molecule has 6 heteroatoms. The fourth-order valence-corrected chi connectivity index (χ4v) is 3.59. The topological polar surface area (TPSA) is 53.4 Å². The fourth-order valence-electron chi connectivity index (χ4n) is 3.59. The fraction of sp³-hybridized carbons (Fsp3) is 0.500. The molecule has 3 rings (SSSR count). The van der Waals surface area contributed by atoms with Crippen molar-refractivity contribution in [2.45, 2.75) is 32.9 Å². The second kappa shape index (κ2) is 7.50. The first-order valence-electron chi connectivity index (χ1n) is 9.17. The maximum absolute atomic E-state index is 12.6. The number of hydrogen-bond donors (Lipinski definition) is 1. The maximum Gasteiger partial charge on any atom is 0.270 e. The van der Waals surface area contributed by atoms with E-state index < -0.39 is 0 Å². The van der Waals surface area contributed by atoms with Crippen LogP contribution in [-0.2, 0) is 20.0 Å². The number of rotatable bonds is 5. The number of fused-ring (bicyclic) bond motifs is 1.